The van der Waals surface area contributed by atoms with Crippen molar-refractivity contribution in [3.05, 3.63) is 0 Å². The summed E-state index contributed by atoms with van der Waals surface area (Å²) in [5, 5.41) is 25.3. The van der Waals surface area contributed by atoms with E-state index in [9.17, 15) is 9.36 Å². The molecule has 0 fully saturated rings. The SMILES string of the molecule is CCCCCCCCCCCCCCCCCCOC[C@@H](O)CO.O=C(O)P(=O)(O)O. The zero-order chi connectivity index (χ0) is 23.8. The number of aliphatic hydroxyl groups excluding tert-OH is 2. The first kappa shape index (κ1) is 32.7. The lowest BCUT2D eigenvalue weighted by atomic mass is 10.0. The minimum absolute atomic E-state index is 0.209. The Bertz CT molecular complexity index is 428. The molecule has 0 heterocycles. The summed E-state index contributed by atoms with van der Waals surface area (Å²) in [4.78, 5) is 24.5. The quantitative estimate of drug-likeness (QED) is 0.110. The van der Waals surface area contributed by atoms with Crippen LogP contribution in [0.15, 0.2) is 0 Å². The molecule has 0 aromatic heterocycles. The molecule has 0 saturated carbocycles. The molecular weight excluding hydrogens is 423 g/mol. The largest absolute Gasteiger partial charge is 0.472 e. The van der Waals surface area contributed by atoms with E-state index in [4.69, 9.17) is 29.8 Å². The van der Waals surface area contributed by atoms with Crippen molar-refractivity contribution in [1.29, 1.82) is 0 Å². The summed E-state index contributed by atoms with van der Waals surface area (Å²) >= 11 is 0. The van der Waals surface area contributed by atoms with Gasteiger partial charge in [-0.1, -0.05) is 103 Å². The fourth-order valence-electron chi connectivity index (χ4n) is 3.02. The Labute approximate surface area is 188 Å². The van der Waals surface area contributed by atoms with E-state index in [0.717, 1.165) is 6.42 Å². The molecule has 8 nitrogen and oxygen atoms in total. The predicted octanol–water partition coefficient (Wildman–Crippen LogP) is 5.46. The van der Waals surface area contributed by atoms with Crippen LogP contribution in [0.4, 0.5) is 4.79 Å². The molecule has 0 aromatic carbocycles. The van der Waals surface area contributed by atoms with Crippen LogP contribution in [0.25, 0.3) is 0 Å². The number of rotatable bonds is 21. The van der Waals surface area contributed by atoms with Crippen molar-refractivity contribution >= 4 is 13.3 Å². The molecule has 0 aromatic rings. The van der Waals surface area contributed by atoms with Gasteiger partial charge in [0.05, 0.1) is 13.2 Å². The third-order valence-electron chi connectivity index (χ3n) is 4.91. The van der Waals surface area contributed by atoms with Crippen LogP contribution in [0.3, 0.4) is 0 Å². The molecule has 188 valence electrons. The number of ether oxygens (including phenoxy) is 1. The summed E-state index contributed by atoms with van der Waals surface area (Å²) in [5.41, 5.74) is -2.09. The van der Waals surface area contributed by atoms with Crippen molar-refractivity contribution in [1.82, 2.24) is 0 Å². The van der Waals surface area contributed by atoms with Crippen molar-refractivity contribution < 1.29 is 39.2 Å². The number of hydrogen-bond donors (Lipinski definition) is 5. The van der Waals surface area contributed by atoms with E-state index in [1.54, 1.807) is 0 Å². The molecule has 0 unspecified atom stereocenters. The third kappa shape index (κ3) is 29.5. The van der Waals surface area contributed by atoms with Crippen LogP contribution in [0.2, 0.25) is 0 Å². The summed E-state index contributed by atoms with van der Waals surface area (Å²) in [7, 11) is -4.82. The maximum absolute atomic E-state index is 9.43. The fourth-order valence-corrected chi connectivity index (χ4v) is 3.02. The Morgan fingerprint density at radius 2 is 1.10 bits per heavy atom. The lowest BCUT2D eigenvalue weighted by molar-refractivity contribution is 0.00526. The maximum atomic E-state index is 9.43. The van der Waals surface area contributed by atoms with Crippen LogP contribution in [0, 0.1) is 0 Å². The van der Waals surface area contributed by atoms with Gasteiger partial charge in [0.2, 0.25) is 0 Å². The van der Waals surface area contributed by atoms with Crippen LogP contribution in [-0.4, -0.2) is 56.7 Å². The number of carbonyl (C=O) groups is 1. The lowest BCUT2D eigenvalue weighted by Crippen LogP contribution is -2.19. The maximum Gasteiger partial charge on any atom is 0.433 e. The van der Waals surface area contributed by atoms with Gasteiger partial charge in [0.15, 0.2) is 0 Å². The van der Waals surface area contributed by atoms with E-state index in [1.807, 2.05) is 0 Å². The minimum Gasteiger partial charge on any atom is -0.472 e. The third-order valence-corrected chi connectivity index (χ3v) is 5.41. The Morgan fingerprint density at radius 3 is 1.39 bits per heavy atom. The predicted molar refractivity (Wildman–Crippen MR) is 124 cm³/mol. The molecule has 0 rings (SSSR count). The van der Waals surface area contributed by atoms with Gasteiger partial charge in [-0.2, -0.15) is 0 Å². The van der Waals surface area contributed by atoms with Crippen LogP contribution in [0.5, 0.6) is 0 Å². The lowest BCUT2D eigenvalue weighted by Gasteiger charge is -2.08. The van der Waals surface area contributed by atoms with Gasteiger partial charge >= 0.3 is 13.3 Å². The number of aliphatic hydroxyl groups is 2. The van der Waals surface area contributed by atoms with Crippen molar-refractivity contribution in [3.63, 3.8) is 0 Å². The van der Waals surface area contributed by atoms with Crippen LogP contribution in [-0.2, 0) is 9.30 Å². The average Bonchev–Trinajstić information content (AvgIpc) is 2.72. The van der Waals surface area contributed by atoms with Gasteiger partial charge in [0.25, 0.3) is 0 Å². The summed E-state index contributed by atoms with van der Waals surface area (Å²) in [6.45, 7) is 3.03. The first-order valence-electron chi connectivity index (χ1n) is 11.9. The molecule has 1 atom stereocenters. The highest BCUT2D eigenvalue weighted by atomic mass is 31.2. The Kier molecular flexibility index (Phi) is 25.5. The molecule has 0 amide bonds. The molecule has 9 heteroatoms. The van der Waals surface area contributed by atoms with Crippen molar-refractivity contribution in [3.8, 4) is 0 Å². The zero-order valence-corrected chi connectivity index (χ0v) is 20.3. The van der Waals surface area contributed by atoms with Crippen molar-refractivity contribution in [2.75, 3.05) is 19.8 Å². The van der Waals surface area contributed by atoms with Gasteiger partial charge in [-0.05, 0) is 6.42 Å². The van der Waals surface area contributed by atoms with Crippen LogP contribution in [0.1, 0.15) is 110 Å². The molecule has 0 bridgehead atoms. The van der Waals surface area contributed by atoms with Gasteiger partial charge in [-0.15, -0.1) is 0 Å². The first-order chi connectivity index (χ1) is 14.8. The zero-order valence-electron chi connectivity index (χ0n) is 19.4. The van der Waals surface area contributed by atoms with E-state index >= 15 is 0 Å². The second kappa shape index (κ2) is 24.1. The number of carboxylic acid groups (broad SMARTS) is 1. The molecule has 5 N–H and O–H groups in total. The van der Waals surface area contributed by atoms with Gasteiger partial charge in [0, 0.05) is 6.61 Å². The second-order valence-electron chi connectivity index (χ2n) is 8.04. The molecule has 0 aliphatic rings. The van der Waals surface area contributed by atoms with Crippen molar-refractivity contribution in [2.24, 2.45) is 0 Å². The standard InChI is InChI=1S/C21H44O3.CH3O5P/c1-2-3-4-5-6-7-8-9-10-11-12-13-14-15-16-17-18-24-20-21(23)19-22;2-1(3)7(4,5)6/h21-23H,2-20H2,1H3;(H,2,3)(H2,4,5,6)/t21-;/m0./s1. The average molecular weight is 471 g/mol. The molecule has 0 saturated heterocycles. The number of unbranched alkanes of at least 4 members (excludes halogenated alkanes) is 15. The second-order valence-corrected chi connectivity index (χ2v) is 9.51. The molecule has 0 aliphatic heterocycles. The van der Waals surface area contributed by atoms with Gasteiger partial charge < -0.3 is 29.8 Å². The Balaban J connectivity index is 0. The highest BCUT2D eigenvalue weighted by molar-refractivity contribution is 7.69. The summed E-state index contributed by atoms with van der Waals surface area (Å²) in [6.07, 6.45) is 21.2. The van der Waals surface area contributed by atoms with Crippen molar-refractivity contribution in [2.45, 2.75) is 116 Å². The minimum atomic E-state index is -4.82. The smallest absolute Gasteiger partial charge is 0.433 e. The topological polar surface area (TPSA) is 145 Å². The Morgan fingerprint density at radius 1 is 0.774 bits per heavy atom. The summed E-state index contributed by atoms with van der Waals surface area (Å²) in [5.74, 6) is 0. The van der Waals surface area contributed by atoms with E-state index in [-0.39, 0.29) is 13.2 Å². The first-order valence-corrected chi connectivity index (χ1v) is 13.5. The fraction of sp³-hybridized carbons (Fsp3) is 0.955. The van der Waals surface area contributed by atoms with E-state index in [2.05, 4.69) is 6.92 Å². The van der Waals surface area contributed by atoms with E-state index < -0.39 is 19.4 Å². The van der Waals surface area contributed by atoms with Gasteiger partial charge in [-0.3, -0.25) is 0 Å². The normalized spacial score (nSPS) is 12.3. The van der Waals surface area contributed by atoms with E-state index in [1.165, 1.54) is 96.3 Å². The van der Waals surface area contributed by atoms with Crippen LogP contribution >= 0.6 is 7.60 Å². The van der Waals surface area contributed by atoms with E-state index in [0.29, 0.717) is 6.61 Å². The summed E-state index contributed by atoms with van der Waals surface area (Å²) < 4.78 is 14.7. The highest BCUT2D eigenvalue weighted by Crippen LogP contribution is 2.34. The molecule has 0 aliphatic carbocycles. The van der Waals surface area contributed by atoms with Crippen LogP contribution < -0.4 is 0 Å². The molecular formula is C22H47O8P. The Hall–Kier alpha value is -0.500. The van der Waals surface area contributed by atoms with Gasteiger partial charge in [0.1, 0.15) is 6.10 Å². The summed E-state index contributed by atoms with van der Waals surface area (Å²) in [6, 6.07) is 0. The number of hydrogen-bond acceptors (Lipinski definition) is 5. The monoisotopic (exact) mass is 470 g/mol. The molecule has 31 heavy (non-hydrogen) atoms. The highest BCUT2D eigenvalue weighted by Gasteiger charge is 2.23. The molecule has 0 radical (unpaired) electrons. The molecule has 0 spiro atoms. The van der Waals surface area contributed by atoms with Gasteiger partial charge in [-0.25, -0.2) is 9.36 Å².